The molecule has 0 radical (unpaired) electrons. The van der Waals surface area contributed by atoms with Crippen LogP contribution in [0.15, 0.2) is 66.0 Å². The highest BCUT2D eigenvalue weighted by atomic mass is 32.2. The average molecular weight is 421 g/mol. The van der Waals surface area contributed by atoms with Crippen LogP contribution in [0.1, 0.15) is 16.7 Å². The van der Waals surface area contributed by atoms with E-state index in [1.165, 1.54) is 23.9 Å². The summed E-state index contributed by atoms with van der Waals surface area (Å²) in [6, 6.07) is 16.0. The topological polar surface area (TPSA) is 59.8 Å². The molecular formula is C23H21FN4OS. The molecule has 0 aliphatic carbocycles. The lowest BCUT2D eigenvalue weighted by Gasteiger charge is -2.11. The first-order valence-corrected chi connectivity index (χ1v) is 10.5. The Balaban J connectivity index is 1.56. The number of nitrogens with zero attached hydrogens (tertiary/aromatic N) is 3. The maximum absolute atomic E-state index is 13.2. The minimum absolute atomic E-state index is 0.104. The lowest BCUT2D eigenvalue weighted by Crippen LogP contribution is -2.20. The first-order chi connectivity index (χ1) is 14.5. The van der Waals surface area contributed by atoms with E-state index in [4.69, 9.17) is 0 Å². The van der Waals surface area contributed by atoms with Gasteiger partial charge in [0.25, 0.3) is 0 Å². The molecular weight excluding hydrogens is 399 g/mol. The van der Waals surface area contributed by atoms with Crippen LogP contribution in [0.2, 0.25) is 0 Å². The molecule has 30 heavy (non-hydrogen) atoms. The maximum Gasteiger partial charge on any atom is 0.244 e. The molecule has 0 atom stereocenters. The minimum Gasteiger partial charge on any atom is -0.324 e. The lowest BCUT2D eigenvalue weighted by atomic mass is 10.1. The minimum atomic E-state index is -0.261. The second-order valence-electron chi connectivity index (χ2n) is 7.11. The molecule has 0 aliphatic heterocycles. The molecule has 152 valence electrons. The molecule has 0 spiro atoms. The number of carbonyl (C=O) groups is 1. The van der Waals surface area contributed by atoms with Gasteiger partial charge >= 0.3 is 0 Å². The summed E-state index contributed by atoms with van der Waals surface area (Å²) in [6.45, 7) is 4.10. The Morgan fingerprint density at radius 2 is 1.93 bits per heavy atom. The molecule has 1 amide bonds. The number of pyridine rings is 1. The standard InChI is InChI=1S/C23H21FN4OS/c1-15-5-10-19(16(2)12-15)26-21(29)13-28-22-20(4-3-11-25-22)27-23(28)30-14-17-6-8-18(24)9-7-17/h3-12H,13-14H2,1-2H3,(H,26,29). The van der Waals surface area contributed by atoms with Gasteiger partial charge in [-0.3, -0.25) is 9.36 Å². The number of rotatable bonds is 6. The van der Waals surface area contributed by atoms with Gasteiger partial charge in [-0.1, -0.05) is 41.6 Å². The zero-order chi connectivity index (χ0) is 21.1. The van der Waals surface area contributed by atoms with Crippen molar-refractivity contribution in [1.29, 1.82) is 0 Å². The number of hydrogen-bond acceptors (Lipinski definition) is 4. The molecule has 2 aromatic heterocycles. The van der Waals surface area contributed by atoms with E-state index in [0.717, 1.165) is 27.9 Å². The van der Waals surface area contributed by atoms with Crippen LogP contribution in [0.3, 0.4) is 0 Å². The van der Waals surface area contributed by atoms with E-state index in [1.54, 1.807) is 18.3 Å². The summed E-state index contributed by atoms with van der Waals surface area (Å²) in [4.78, 5) is 21.8. The first-order valence-electron chi connectivity index (χ1n) is 9.55. The van der Waals surface area contributed by atoms with Crippen LogP contribution in [0.4, 0.5) is 10.1 Å². The summed E-state index contributed by atoms with van der Waals surface area (Å²) in [6.07, 6.45) is 1.69. The second-order valence-corrected chi connectivity index (χ2v) is 8.05. The molecule has 0 unspecified atom stereocenters. The second kappa shape index (κ2) is 8.67. The van der Waals surface area contributed by atoms with Crippen molar-refractivity contribution in [3.05, 3.63) is 83.3 Å². The largest absolute Gasteiger partial charge is 0.324 e. The SMILES string of the molecule is Cc1ccc(NC(=O)Cn2c(SCc3ccc(F)cc3)nc3cccnc32)c(C)c1. The Bertz CT molecular complexity index is 1200. The van der Waals surface area contributed by atoms with E-state index in [0.29, 0.717) is 16.6 Å². The number of aryl methyl sites for hydroxylation is 2. The highest BCUT2D eigenvalue weighted by Crippen LogP contribution is 2.26. The number of imidazole rings is 1. The van der Waals surface area contributed by atoms with Crippen LogP contribution in [-0.4, -0.2) is 20.4 Å². The third-order valence-corrected chi connectivity index (χ3v) is 5.76. The number of anilines is 1. The monoisotopic (exact) mass is 420 g/mol. The third-order valence-electron chi connectivity index (χ3n) is 4.71. The molecule has 0 fully saturated rings. The van der Waals surface area contributed by atoms with Gasteiger partial charge in [0.1, 0.15) is 17.9 Å². The fourth-order valence-electron chi connectivity index (χ4n) is 3.21. The van der Waals surface area contributed by atoms with Crippen LogP contribution in [0.25, 0.3) is 11.2 Å². The molecule has 1 N–H and O–H groups in total. The smallest absolute Gasteiger partial charge is 0.244 e. The number of benzene rings is 2. The Labute approximate surface area is 178 Å². The molecule has 0 saturated heterocycles. The van der Waals surface area contributed by atoms with Gasteiger partial charge in [-0.15, -0.1) is 0 Å². The van der Waals surface area contributed by atoms with Gasteiger partial charge in [0.05, 0.1) is 0 Å². The van der Waals surface area contributed by atoms with Gasteiger partial charge in [-0.05, 0) is 55.3 Å². The summed E-state index contributed by atoms with van der Waals surface area (Å²) >= 11 is 1.49. The van der Waals surface area contributed by atoms with E-state index < -0.39 is 0 Å². The molecule has 2 aromatic carbocycles. The van der Waals surface area contributed by atoms with E-state index in [1.807, 2.05) is 48.7 Å². The van der Waals surface area contributed by atoms with E-state index in [2.05, 4.69) is 15.3 Å². The summed E-state index contributed by atoms with van der Waals surface area (Å²) in [7, 11) is 0. The number of aromatic nitrogens is 3. The molecule has 2 heterocycles. The van der Waals surface area contributed by atoms with Crippen LogP contribution in [-0.2, 0) is 17.1 Å². The summed E-state index contributed by atoms with van der Waals surface area (Å²) in [5.74, 6) is 0.209. The number of thioether (sulfide) groups is 1. The Morgan fingerprint density at radius 3 is 2.70 bits per heavy atom. The van der Waals surface area contributed by atoms with Gasteiger partial charge in [-0.2, -0.15) is 0 Å². The van der Waals surface area contributed by atoms with Crippen molar-refractivity contribution < 1.29 is 9.18 Å². The number of carbonyl (C=O) groups excluding carboxylic acids is 1. The van der Waals surface area contributed by atoms with Gasteiger partial charge in [0, 0.05) is 17.6 Å². The molecule has 4 aromatic rings. The van der Waals surface area contributed by atoms with Crippen molar-refractivity contribution in [2.24, 2.45) is 0 Å². The highest BCUT2D eigenvalue weighted by Gasteiger charge is 2.16. The number of hydrogen-bond donors (Lipinski definition) is 1. The summed E-state index contributed by atoms with van der Waals surface area (Å²) in [5, 5.41) is 3.68. The quantitative estimate of drug-likeness (QED) is 0.440. The molecule has 0 aliphatic rings. The Morgan fingerprint density at radius 1 is 1.13 bits per heavy atom. The maximum atomic E-state index is 13.2. The van der Waals surface area contributed by atoms with Gasteiger partial charge in [0.15, 0.2) is 10.8 Å². The number of fused-ring (bicyclic) bond motifs is 1. The fourth-order valence-corrected chi connectivity index (χ4v) is 4.16. The molecule has 0 bridgehead atoms. The normalized spacial score (nSPS) is 11.0. The van der Waals surface area contributed by atoms with Crippen molar-refractivity contribution in [3.63, 3.8) is 0 Å². The van der Waals surface area contributed by atoms with Gasteiger partial charge in [0.2, 0.25) is 5.91 Å². The average Bonchev–Trinajstić information content (AvgIpc) is 3.07. The number of nitrogens with one attached hydrogen (secondary N) is 1. The lowest BCUT2D eigenvalue weighted by molar-refractivity contribution is -0.116. The van der Waals surface area contributed by atoms with Crippen molar-refractivity contribution in [2.75, 3.05) is 5.32 Å². The highest BCUT2D eigenvalue weighted by molar-refractivity contribution is 7.98. The zero-order valence-electron chi connectivity index (χ0n) is 16.7. The van der Waals surface area contributed by atoms with E-state index in [-0.39, 0.29) is 18.3 Å². The van der Waals surface area contributed by atoms with Crippen molar-refractivity contribution in [1.82, 2.24) is 14.5 Å². The first kappa shape index (κ1) is 20.1. The van der Waals surface area contributed by atoms with E-state index >= 15 is 0 Å². The Hall–Kier alpha value is -3.19. The van der Waals surface area contributed by atoms with Crippen molar-refractivity contribution in [3.8, 4) is 0 Å². The van der Waals surface area contributed by atoms with Gasteiger partial charge < -0.3 is 5.32 Å². The molecule has 4 rings (SSSR count). The number of halogens is 1. The van der Waals surface area contributed by atoms with Crippen molar-refractivity contribution >= 4 is 34.5 Å². The van der Waals surface area contributed by atoms with E-state index in [9.17, 15) is 9.18 Å². The third kappa shape index (κ3) is 4.52. The predicted molar refractivity (Wildman–Crippen MR) is 118 cm³/mol. The Kier molecular flexibility index (Phi) is 5.81. The summed E-state index contributed by atoms with van der Waals surface area (Å²) < 4.78 is 15.0. The molecule has 7 heteroatoms. The van der Waals surface area contributed by atoms with Crippen LogP contribution < -0.4 is 5.32 Å². The zero-order valence-corrected chi connectivity index (χ0v) is 17.5. The van der Waals surface area contributed by atoms with Gasteiger partial charge in [-0.25, -0.2) is 14.4 Å². The van der Waals surface area contributed by atoms with Crippen LogP contribution in [0.5, 0.6) is 0 Å². The fraction of sp³-hybridized carbons (Fsp3) is 0.174. The molecule has 5 nitrogen and oxygen atoms in total. The van der Waals surface area contributed by atoms with Crippen molar-refractivity contribution in [2.45, 2.75) is 31.3 Å². The molecule has 0 saturated carbocycles. The van der Waals surface area contributed by atoms with Crippen LogP contribution in [0, 0.1) is 19.7 Å². The summed E-state index contributed by atoms with van der Waals surface area (Å²) in [5.41, 5.74) is 5.34. The predicted octanol–water partition coefficient (Wildman–Crippen LogP) is 5.12. The van der Waals surface area contributed by atoms with Crippen LogP contribution >= 0.6 is 11.8 Å². The number of amides is 1.